The van der Waals surface area contributed by atoms with Crippen LogP contribution in [0.1, 0.15) is 73.6 Å². The largest absolute Gasteiger partial charge is 0.389 e. The van der Waals surface area contributed by atoms with Gasteiger partial charge in [-0.2, -0.15) is 0 Å². The molecule has 108 valence electrons. The Morgan fingerprint density at radius 1 is 1.06 bits per heavy atom. The zero-order chi connectivity index (χ0) is 14.1. The molecule has 0 aromatic carbocycles. The lowest BCUT2D eigenvalue weighted by Crippen LogP contribution is -2.10. The van der Waals surface area contributed by atoms with Crippen LogP contribution in [0.5, 0.6) is 0 Å². The Labute approximate surface area is 115 Å². The smallest absolute Gasteiger partial charge is 0.0744 e. The molecule has 1 unspecified atom stereocenters. The van der Waals surface area contributed by atoms with Gasteiger partial charge in [-0.05, 0) is 49.5 Å². The standard InChI is InChI=1S/C17H34O/c1-7-9-13(3)10-14(4)11-15(5)12-16(6)17(18)8-2/h12-15,17-18H,7-11H2,1-6H3/b16-12+/t13-,14-,15-,17?/m1/s1. The normalized spacial score (nSPS) is 19.4. The quantitative estimate of drug-likeness (QED) is 0.561. The van der Waals surface area contributed by atoms with Gasteiger partial charge in [0.2, 0.25) is 0 Å². The van der Waals surface area contributed by atoms with E-state index in [1.54, 1.807) is 0 Å². The molecule has 0 aliphatic carbocycles. The Bertz CT molecular complexity index is 232. The second-order valence-electron chi connectivity index (χ2n) is 6.28. The summed E-state index contributed by atoms with van der Waals surface area (Å²) in [5.41, 5.74) is 1.14. The Morgan fingerprint density at radius 2 is 1.67 bits per heavy atom. The van der Waals surface area contributed by atoms with Gasteiger partial charge in [0.1, 0.15) is 0 Å². The number of aliphatic hydroxyl groups is 1. The molecule has 0 amide bonds. The van der Waals surface area contributed by atoms with Gasteiger partial charge in [-0.25, -0.2) is 0 Å². The van der Waals surface area contributed by atoms with Crippen LogP contribution in [0.25, 0.3) is 0 Å². The second kappa shape index (κ2) is 9.61. The van der Waals surface area contributed by atoms with Crippen LogP contribution in [0.2, 0.25) is 0 Å². The predicted octanol–water partition coefficient (Wildman–Crippen LogP) is 5.19. The molecule has 0 aliphatic heterocycles. The van der Waals surface area contributed by atoms with Gasteiger partial charge in [-0.3, -0.25) is 0 Å². The van der Waals surface area contributed by atoms with Crippen molar-refractivity contribution in [3.63, 3.8) is 0 Å². The molecular weight excluding hydrogens is 220 g/mol. The first-order chi connectivity index (χ1) is 8.40. The molecule has 0 aromatic rings. The van der Waals surface area contributed by atoms with Crippen molar-refractivity contribution in [1.82, 2.24) is 0 Å². The van der Waals surface area contributed by atoms with Gasteiger partial charge in [-0.1, -0.05) is 53.5 Å². The van der Waals surface area contributed by atoms with E-state index in [0.29, 0.717) is 5.92 Å². The van der Waals surface area contributed by atoms with Crippen molar-refractivity contribution in [3.8, 4) is 0 Å². The maximum absolute atomic E-state index is 9.76. The lowest BCUT2D eigenvalue weighted by molar-refractivity contribution is 0.205. The van der Waals surface area contributed by atoms with E-state index in [1.807, 2.05) is 6.92 Å². The van der Waals surface area contributed by atoms with Crippen LogP contribution in [0.15, 0.2) is 11.6 Å². The van der Waals surface area contributed by atoms with Crippen molar-refractivity contribution in [1.29, 1.82) is 0 Å². The van der Waals surface area contributed by atoms with Gasteiger partial charge in [-0.15, -0.1) is 0 Å². The van der Waals surface area contributed by atoms with E-state index < -0.39 is 0 Å². The van der Waals surface area contributed by atoms with Crippen molar-refractivity contribution in [3.05, 3.63) is 11.6 Å². The van der Waals surface area contributed by atoms with Crippen molar-refractivity contribution >= 4 is 0 Å². The topological polar surface area (TPSA) is 20.2 Å². The molecule has 1 heteroatoms. The van der Waals surface area contributed by atoms with Gasteiger partial charge < -0.3 is 5.11 Å². The first-order valence-electron chi connectivity index (χ1n) is 7.76. The van der Waals surface area contributed by atoms with Crippen LogP contribution < -0.4 is 0 Å². The van der Waals surface area contributed by atoms with Crippen LogP contribution in [0.3, 0.4) is 0 Å². The maximum Gasteiger partial charge on any atom is 0.0744 e. The highest BCUT2D eigenvalue weighted by atomic mass is 16.3. The molecule has 1 nitrogen and oxygen atoms in total. The maximum atomic E-state index is 9.76. The monoisotopic (exact) mass is 254 g/mol. The molecule has 0 saturated carbocycles. The summed E-state index contributed by atoms with van der Waals surface area (Å²) in [6.45, 7) is 13.3. The number of rotatable bonds is 9. The highest BCUT2D eigenvalue weighted by Gasteiger charge is 2.12. The van der Waals surface area contributed by atoms with Crippen LogP contribution in [-0.4, -0.2) is 11.2 Å². The highest BCUT2D eigenvalue weighted by Crippen LogP contribution is 2.24. The molecule has 4 atom stereocenters. The minimum absolute atomic E-state index is 0.248. The van der Waals surface area contributed by atoms with Crippen LogP contribution >= 0.6 is 0 Å². The Hall–Kier alpha value is -0.300. The third-order valence-electron chi connectivity index (χ3n) is 3.82. The summed E-state index contributed by atoms with van der Waals surface area (Å²) in [6.07, 6.45) is 8.05. The van der Waals surface area contributed by atoms with Crippen molar-refractivity contribution in [2.75, 3.05) is 0 Å². The van der Waals surface area contributed by atoms with Gasteiger partial charge in [0.25, 0.3) is 0 Å². The highest BCUT2D eigenvalue weighted by molar-refractivity contribution is 5.05. The fraction of sp³-hybridized carbons (Fsp3) is 0.882. The fourth-order valence-corrected chi connectivity index (χ4v) is 2.98. The predicted molar refractivity (Wildman–Crippen MR) is 81.7 cm³/mol. The third kappa shape index (κ3) is 7.92. The molecule has 1 N–H and O–H groups in total. The molecule has 0 spiro atoms. The van der Waals surface area contributed by atoms with Crippen molar-refractivity contribution in [2.45, 2.75) is 79.8 Å². The summed E-state index contributed by atoms with van der Waals surface area (Å²) in [7, 11) is 0. The minimum Gasteiger partial charge on any atom is -0.389 e. The molecular formula is C17H34O. The van der Waals surface area contributed by atoms with E-state index in [9.17, 15) is 5.11 Å². The van der Waals surface area contributed by atoms with E-state index in [0.717, 1.165) is 23.8 Å². The Morgan fingerprint density at radius 3 is 2.17 bits per heavy atom. The SMILES string of the molecule is CCC[C@@H](C)C[C@@H](C)C[C@@H](C)/C=C(\C)C(O)CC. The molecule has 0 bridgehead atoms. The molecule has 0 aliphatic rings. The lowest BCUT2D eigenvalue weighted by atomic mass is 9.87. The van der Waals surface area contributed by atoms with Crippen LogP contribution in [-0.2, 0) is 0 Å². The van der Waals surface area contributed by atoms with E-state index in [1.165, 1.54) is 25.7 Å². The first kappa shape index (κ1) is 17.7. The Kier molecular flexibility index (Phi) is 9.45. The van der Waals surface area contributed by atoms with Gasteiger partial charge in [0.05, 0.1) is 6.10 Å². The molecule has 0 fully saturated rings. The first-order valence-corrected chi connectivity index (χ1v) is 7.76. The lowest BCUT2D eigenvalue weighted by Gasteiger charge is -2.20. The molecule has 0 rings (SSSR count). The summed E-state index contributed by atoms with van der Waals surface area (Å²) in [4.78, 5) is 0. The zero-order valence-corrected chi connectivity index (χ0v) is 13.4. The average molecular weight is 254 g/mol. The summed E-state index contributed by atoms with van der Waals surface area (Å²) >= 11 is 0. The van der Waals surface area contributed by atoms with Gasteiger partial charge >= 0.3 is 0 Å². The summed E-state index contributed by atoms with van der Waals surface area (Å²) in [6, 6.07) is 0. The van der Waals surface area contributed by atoms with Crippen LogP contribution in [0, 0.1) is 17.8 Å². The van der Waals surface area contributed by atoms with E-state index in [2.05, 4.69) is 40.7 Å². The summed E-state index contributed by atoms with van der Waals surface area (Å²) in [5.74, 6) is 2.21. The third-order valence-corrected chi connectivity index (χ3v) is 3.82. The molecule has 18 heavy (non-hydrogen) atoms. The van der Waals surface area contributed by atoms with E-state index in [4.69, 9.17) is 0 Å². The summed E-state index contributed by atoms with van der Waals surface area (Å²) < 4.78 is 0. The Balaban J connectivity index is 4.10. The van der Waals surface area contributed by atoms with Crippen LogP contribution in [0.4, 0.5) is 0 Å². The fourth-order valence-electron chi connectivity index (χ4n) is 2.98. The molecule has 0 heterocycles. The average Bonchev–Trinajstić information content (AvgIpc) is 2.27. The molecule has 0 saturated heterocycles. The molecule has 0 radical (unpaired) electrons. The summed E-state index contributed by atoms with van der Waals surface area (Å²) in [5, 5.41) is 9.76. The van der Waals surface area contributed by atoms with Gasteiger partial charge in [0, 0.05) is 0 Å². The van der Waals surface area contributed by atoms with E-state index in [-0.39, 0.29) is 6.10 Å². The minimum atomic E-state index is -0.248. The zero-order valence-electron chi connectivity index (χ0n) is 13.4. The van der Waals surface area contributed by atoms with Crippen molar-refractivity contribution < 1.29 is 5.11 Å². The molecule has 0 aromatic heterocycles. The van der Waals surface area contributed by atoms with E-state index >= 15 is 0 Å². The number of hydrogen-bond acceptors (Lipinski definition) is 1. The number of aliphatic hydroxyl groups excluding tert-OH is 1. The van der Waals surface area contributed by atoms with Crippen molar-refractivity contribution in [2.24, 2.45) is 17.8 Å². The second-order valence-corrected chi connectivity index (χ2v) is 6.28. The number of hydrogen-bond donors (Lipinski definition) is 1. The van der Waals surface area contributed by atoms with Gasteiger partial charge in [0.15, 0.2) is 0 Å². The number of allylic oxidation sites excluding steroid dienone is 1.